The Morgan fingerprint density at radius 2 is 1.20 bits per heavy atom. The first-order valence-corrected chi connectivity index (χ1v) is 17.1. The van der Waals surface area contributed by atoms with Crippen LogP contribution in [-0.2, 0) is 19.0 Å². The summed E-state index contributed by atoms with van der Waals surface area (Å²) < 4.78 is 15.7. The van der Waals surface area contributed by atoms with Crippen molar-refractivity contribution in [2.75, 3.05) is 18.2 Å². The number of nitrogens with one attached hydrogen (secondary N) is 2. The third kappa shape index (κ3) is 9.12. The highest BCUT2D eigenvalue weighted by atomic mass is 32.2. The quantitative estimate of drug-likeness (QED) is 0.0998. The van der Waals surface area contributed by atoms with Gasteiger partial charge in [0, 0.05) is 17.5 Å². The number of hydrogen-bond donors (Lipinski definition) is 2. The zero-order chi connectivity index (χ0) is 35.6. The second-order valence-corrected chi connectivity index (χ2v) is 13.7. The zero-order valence-corrected chi connectivity index (χ0v) is 29.2. The van der Waals surface area contributed by atoms with Gasteiger partial charge in [-0.1, -0.05) is 103 Å². The predicted molar refractivity (Wildman–Crippen MR) is 198 cm³/mol. The molecule has 2 amide bonds. The van der Waals surface area contributed by atoms with E-state index in [1.54, 1.807) is 81.1 Å². The molecule has 1 atom stereocenters. The molecule has 0 saturated heterocycles. The SMILES string of the molecule is COC(=O)c1cccc(Oc2cccc(NC(=O)[C@H](CSC(c3ccccc3)(c3ccccc3)c3ccccc3)NC(=O)OC(C)(C)C)c2)c1. The second-order valence-electron chi connectivity index (χ2n) is 12.4. The third-order valence-corrected chi connectivity index (χ3v) is 9.25. The molecular weight excluding hydrogens is 649 g/mol. The summed E-state index contributed by atoms with van der Waals surface area (Å²) in [6.07, 6.45) is -0.703. The van der Waals surface area contributed by atoms with Crippen LogP contribution >= 0.6 is 11.8 Å². The Bertz CT molecular complexity index is 1800. The number of carbonyl (C=O) groups is 3. The number of alkyl carbamates (subject to hydrolysis) is 1. The molecule has 8 nitrogen and oxygen atoms in total. The van der Waals surface area contributed by atoms with Gasteiger partial charge >= 0.3 is 12.1 Å². The van der Waals surface area contributed by atoms with Crippen LogP contribution in [0.2, 0.25) is 0 Å². The minimum Gasteiger partial charge on any atom is -0.465 e. The molecule has 2 N–H and O–H groups in total. The summed E-state index contributed by atoms with van der Waals surface area (Å²) in [6, 6.07) is 42.9. The van der Waals surface area contributed by atoms with Gasteiger partial charge in [-0.25, -0.2) is 9.59 Å². The van der Waals surface area contributed by atoms with Crippen molar-refractivity contribution in [1.82, 2.24) is 5.32 Å². The van der Waals surface area contributed by atoms with E-state index >= 15 is 0 Å². The predicted octanol–water partition coefficient (Wildman–Crippen LogP) is 8.82. The van der Waals surface area contributed by atoms with Crippen molar-refractivity contribution in [2.24, 2.45) is 0 Å². The van der Waals surface area contributed by atoms with Crippen LogP contribution in [0.3, 0.4) is 0 Å². The molecular formula is C41H40N2O6S. The van der Waals surface area contributed by atoms with Crippen molar-refractivity contribution >= 4 is 35.4 Å². The Morgan fingerprint density at radius 3 is 1.72 bits per heavy atom. The van der Waals surface area contributed by atoms with Crippen molar-refractivity contribution in [3.63, 3.8) is 0 Å². The summed E-state index contributed by atoms with van der Waals surface area (Å²) in [5.74, 6) is 0.147. The van der Waals surface area contributed by atoms with Crippen molar-refractivity contribution < 1.29 is 28.6 Å². The lowest BCUT2D eigenvalue weighted by Gasteiger charge is -2.36. The van der Waals surface area contributed by atoms with Gasteiger partial charge in [-0.15, -0.1) is 11.8 Å². The summed E-state index contributed by atoms with van der Waals surface area (Å²) in [7, 11) is 1.32. The molecule has 0 saturated carbocycles. The van der Waals surface area contributed by atoms with Gasteiger partial charge in [0.15, 0.2) is 0 Å². The number of carbonyl (C=O) groups excluding carboxylic acids is 3. The first-order chi connectivity index (χ1) is 24.1. The smallest absolute Gasteiger partial charge is 0.408 e. The average Bonchev–Trinajstić information content (AvgIpc) is 3.12. The standard InChI is InChI=1S/C41H40N2O6S/c1-40(2,3)49-39(46)43-36(37(44)42-33-23-15-25-35(27-33)48-34-24-14-16-29(26-34)38(45)47-4)28-50-41(30-17-8-5-9-18-30,31-19-10-6-11-20-31)32-21-12-7-13-22-32/h5-27,36H,28H2,1-4H3,(H,42,44)(H,43,46)/t36-/m0/s1. The maximum absolute atomic E-state index is 14.1. The van der Waals surface area contributed by atoms with Gasteiger partial charge in [0.25, 0.3) is 0 Å². The normalized spacial score (nSPS) is 11.9. The fraction of sp³-hybridized carbons (Fsp3) is 0.195. The number of esters is 1. The molecule has 5 aromatic carbocycles. The summed E-state index contributed by atoms with van der Waals surface area (Å²) in [4.78, 5) is 39.2. The first-order valence-electron chi connectivity index (χ1n) is 16.1. The number of ether oxygens (including phenoxy) is 3. The number of benzene rings is 5. The summed E-state index contributed by atoms with van der Waals surface area (Å²) in [6.45, 7) is 5.32. The maximum atomic E-state index is 14.1. The molecule has 256 valence electrons. The van der Waals surface area contributed by atoms with E-state index in [1.807, 2.05) is 54.6 Å². The number of anilines is 1. The first kappa shape index (κ1) is 35.8. The van der Waals surface area contributed by atoms with Crippen molar-refractivity contribution in [3.8, 4) is 11.5 Å². The minimum atomic E-state index is -0.994. The Balaban J connectivity index is 1.45. The van der Waals surface area contributed by atoms with Crippen LogP contribution < -0.4 is 15.4 Å². The Labute approximate surface area is 297 Å². The Hall–Kier alpha value is -5.54. The number of methoxy groups -OCH3 is 1. The summed E-state index contributed by atoms with van der Waals surface area (Å²) in [5, 5.41) is 5.78. The van der Waals surface area contributed by atoms with E-state index in [4.69, 9.17) is 14.2 Å². The molecule has 0 unspecified atom stereocenters. The van der Waals surface area contributed by atoms with Crippen molar-refractivity contribution in [1.29, 1.82) is 0 Å². The van der Waals surface area contributed by atoms with Crippen molar-refractivity contribution in [2.45, 2.75) is 37.2 Å². The van der Waals surface area contributed by atoms with Gasteiger partial charge in [-0.2, -0.15) is 0 Å². The molecule has 50 heavy (non-hydrogen) atoms. The lowest BCUT2D eigenvalue weighted by molar-refractivity contribution is -0.117. The fourth-order valence-corrected chi connectivity index (χ4v) is 6.98. The maximum Gasteiger partial charge on any atom is 0.408 e. The van der Waals surface area contributed by atoms with Crippen LogP contribution in [0.5, 0.6) is 11.5 Å². The highest BCUT2D eigenvalue weighted by Crippen LogP contribution is 2.48. The van der Waals surface area contributed by atoms with Gasteiger partial charge in [0.1, 0.15) is 23.1 Å². The monoisotopic (exact) mass is 688 g/mol. The van der Waals surface area contributed by atoms with Gasteiger partial charge in [0.05, 0.1) is 17.4 Å². The average molecular weight is 689 g/mol. The van der Waals surface area contributed by atoms with Crippen LogP contribution in [0, 0.1) is 0 Å². The van der Waals surface area contributed by atoms with E-state index in [0.717, 1.165) is 16.7 Å². The lowest BCUT2D eigenvalue weighted by atomic mass is 9.84. The molecule has 0 heterocycles. The van der Waals surface area contributed by atoms with E-state index in [1.165, 1.54) is 7.11 Å². The van der Waals surface area contributed by atoms with E-state index in [-0.39, 0.29) is 5.75 Å². The molecule has 0 aromatic heterocycles. The number of hydrogen-bond acceptors (Lipinski definition) is 7. The van der Waals surface area contributed by atoms with Crippen LogP contribution in [-0.4, -0.2) is 42.5 Å². The Morgan fingerprint density at radius 1 is 0.680 bits per heavy atom. The van der Waals surface area contributed by atoms with Crippen molar-refractivity contribution in [3.05, 3.63) is 162 Å². The summed E-state index contributed by atoms with van der Waals surface area (Å²) in [5.41, 5.74) is 3.12. The third-order valence-electron chi connectivity index (χ3n) is 7.61. The minimum absolute atomic E-state index is 0.195. The largest absolute Gasteiger partial charge is 0.465 e. The van der Waals surface area contributed by atoms with Gasteiger partial charge in [0.2, 0.25) is 5.91 Å². The molecule has 0 aliphatic rings. The van der Waals surface area contributed by atoms with Crippen LogP contribution in [0.1, 0.15) is 47.8 Å². The molecule has 5 rings (SSSR count). The molecule has 0 radical (unpaired) electrons. The molecule has 0 fully saturated rings. The Kier molecular flexibility index (Phi) is 11.6. The molecule has 0 spiro atoms. The number of thioether (sulfide) groups is 1. The van der Waals surface area contributed by atoms with Crippen LogP contribution in [0.4, 0.5) is 10.5 Å². The fourth-order valence-electron chi connectivity index (χ4n) is 5.42. The molecule has 0 aliphatic carbocycles. The second kappa shape index (κ2) is 16.2. The molecule has 5 aromatic rings. The number of rotatable bonds is 12. The molecule has 9 heteroatoms. The lowest BCUT2D eigenvalue weighted by Crippen LogP contribution is -2.48. The highest BCUT2D eigenvalue weighted by molar-refractivity contribution is 8.00. The van der Waals surface area contributed by atoms with E-state index in [9.17, 15) is 14.4 Å². The molecule has 0 aliphatic heterocycles. The van der Waals surface area contributed by atoms with Crippen LogP contribution in [0.15, 0.2) is 140 Å². The van der Waals surface area contributed by atoms with Gasteiger partial charge in [-0.3, -0.25) is 4.79 Å². The van der Waals surface area contributed by atoms with E-state index < -0.39 is 34.4 Å². The zero-order valence-electron chi connectivity index (χ0n) is 28.4. The summed E-state index contributed by atoms with van der Waals surface area (Å²) >= 11 is 1.55. The van der Waals surface area contributed by atoms with Gasteiger partial charge in [-0.05, 0) is 67.8 Å². The number of amides is 2. The van der Waals surface area contributed by atoms with Gasteiger partial charge < -0.3 is 24.8 Å². The molecule has 0 bridgehead atoms. The van der Waals surface area contributed by atoms with E-state index in [2.05, 4.69) is 47.0 Å². The topological polar surface area (TPSA) is 103 Å². The van der Waals surface area contributed by atoms with E-state index in [0.29, 0.717) is 22.7 Å². The van der Waals surface area contributed by atoms with Crippen LogP contribution in [0.25, 0.3) is 0 Å². The highest BCUT2D eigenvalue weighted by Gasteiger charge is 2.39.